The first-order valence-electron chi connectivity index (χ1n) is 23.9. The topological polar surface area (TPSA) is 219 Å². The number of rotatable bonds is 10. The van der Waals surface area contributed by atoms with E-state index in [1.54, 1.807) is 33.1 Å². The summed E-state index contributed by atoms with van der Waals surface area (Å²) in [5.74, 6) is -2.28. The van der Waals surface area contributed by atoms with E-state index in [0.29, 0.717) is 55.1 Å². The number of carbonyl (C=O) groups is 1. The smallest absolute Gasteiger partial charge is 0.756 e. The van der Waals surface area contributed by atoms with E-state index in [9.17, 15) is 29.4 Å². The number of esters is 1. The van der Waals surface area contributed by atoms with E-state index in [4.69, 9.17) is 51.9 Å². The Labute approximate surface area is 418 Å². The van der Waals surface area contributed by atoms with Gasteiger partial charge in [-0.3, -0.25) is 9.36 Å². The number of aliphatic hydroxyl groups is 2. The summed E-state index contributed by atoms with van der Waals surface area (Å²) < 4.78 is 80.3. The van der Waals surface area contributed by atoms with Crippen LogP contribution in [-0.2, 0) is 61.3 Å². The molecular weight excluding hydrogens is 902 g/mol. The van der Waals surface area contributed by atoms with Gasteiger partial charge in [-0.15, -0.1) is 0 Å². The molecule has 374 valence electrons. The monoisotopic (exact) mass is 976 g/mol. The van der Waals surface area contributed by atoms with Gasteiger partial charge in [0.15, 0.2) is 18.4 Å². The van der Waals surface area contributed by atoms with Gasteiger partial charge in [0.1, 0.15) is 42.0 Å². The van der Waals surface area contributed by atoms with Gasteiger partial charge in [-0.2, -0.15) is 0 Å². The molecule has 5 saturated heterocycles. The number of aliphatic hydroxyl groups excluding tert-OH is 1. The molecule has 17 nitrogen and oxygen atoms in total. The van der Waals surface area contributed by atoms with Crippen LogP contribution < -0.4 is 34.5 Å². The van der Waals surface area contributed by atoms with Crippen molar-refractivity contribution in [2.75, 3.05) is 20.8 Å². The quantitative estimate of drug-likeness (QED) is 0.124. The summed E-state index contributed by atoms with van der Waals surface area (Å²) in [4.78, 5) is 35.3. The van der Waals surface area contributed by atoms with Gasteiger partial charge in [0.05, 0.1) is 49.3 Å². The summed E-state index contributed by atoms with van der Waals surface area (Å²) in [6.07, 6.45) is 4.03. The van der Waals surface area contributed by atoms with Gasteiger partial charge in [-0.25, -0.2) is 0 Å². The van der Waals surface area contributed by atoms with Gasteiger partial charge in [0.2, 0.25) is 0 Å². The van der Waals surface area contributed by atoms with Gasteiger partial charge < -0.3 is 71.9 Å². The predicted octanol–water partition coefficient (Wildman–Crippen LogP) is 2.09. The maximum atomic E-state index is 14.4. The molecule has 0 aromatic heterocycles. The summed E-state index contributed by atoms with van der Waals surface area (Å²) in [6.45, 7) is 15.9. The molecule has 5 fully saturated rings. The van der Waals surface area contributed by atoms with Gasteiger partial charge in [0, 0.05) is 52.2 Å². The Morgan fingerprint density at radius 1 is 0.955 bits per heavy atom. The van der Waals surface area contributed by atoms with Crippen molar-refractivity contribution in [1.82, 2.24) is 0 Å². The molecule has 1 unspecified atom stereocenters. The fourth-order valence-corrected chi connectivity index (χ4v) is 11.9. The van der Waals surface area contributed by atoms with Gasteiger partial charge in [-0.05, 0) is 69.1 Å². The van der Waals surface area contributed by atoms with Crippen molar-refractivity contribution in [1.29, 1.82) is 0 Å². The molecule has 3 N–H and O–H groups in total. The molecule has 21 atom stereocenters. The van der Waals surface area contributed by atoms with Crippen LogP contribution in [0.15, 0.2) is 47.1 Å². The van der Waals surface area contributed by atoms with Crippen LogP contribution in [0, 0.1) is 23.7 Å². The molecule has 1 spiro atoms. The molecule has 2 bridgehead atoms. The number of hydrogen-bond donors (Lipinski definition) is 3. The normalized spacial score (nSPS) is 47.4. The number of methoxy groups -OCH3 is 2. The Hall–Kier alpha value is -0.900. The van der Waals surface area contributed by atoms with Crippen molar-refractivity contribution in [3.05, 3.63) is 47.1 Å². The minimum absolute atomic E-state index is 0. The maximum Gasteiger partial charge on any atom is 1.00 e. The molecule has 6 heterocycles. The van der Waals surface area contributed by atoms with E-state index in [0.717, 1.165) is 18.4 Å². The van der Waals surface area contributed by atoms with Crippen LogP contribution in [0.4, 0.5) is 0 Å². The molecule has 0 amide bonds. The van der Waals surface area contributed by atoms with Crippen LogP contribution >= 0.6 is 7.82 Å². The van der Waals surface area contributed by atoms with Gasteiger partial charge in [0.25, 0.3) is 7.82 Å². The summed E-state index contributed by atoms with van der Waals surface area (Å²) in [6, 6.07) is 0. The standard InChI is InChI=1S/C48H75O17P.Na/c1-11-25(2)42-28(5)17-18-47(64-42)23-34-20-33(63-47)16-15-27(4)41(26(3)13-12-14-32-24-57-45-40(49)29(6)19-35(46(50)60-34)48(32,45)51)61-38-21-36(55-9)43(30(7)58-38)62-39-22-37(56-10)44(31(8)59-39)65-66(52,53)54;/h12-15,19,25-26,28,30-31,33-45,49,51H,11,16-18,20-24H2,1-10H3,(H2,52,53,54);/q;+1/p-1/b13-12-,27-15+,32-14-;/t25-,26-,28-,30-,31-,33+,34-,35-,36-,37-,38-,39-,40+,41-,42+,43-,44-,45+,47+,48+;/m0./s1. The average Bonchev–Trinajstić information content (AvgIpc) is 3.60. The van der Waals surface area contributed by atoms with E-state index in [1.165, 1.54) is 7.11 Å². The Balaban J connectivity index is 0.00000741. The van der Waals surface area contributed by atoms with Crippen molar-refractivity contribution in [3.8, 4) is 0 Å². The molecule has 1 aliphatic carbocycles. The van der Waals surface area contributed by atoms with Crippen LogP contribution in [0.2, 0.25) is 0 Å². The zero-order chi connectivity index (χ0) is 47.9. The summed E-state index contributed by atoms with van der Waals surface area (Å²) >= 11 is 0. The molecule has 19 heteroatoms. The molecule has 7 aliphatic rings. The van der Waals surface area contributed by atoms with Gasteiger partial charge >= 0.3 is 35.5 Å². The van der Waals surface area contributed by atoms with E-state index in [1.807, 2.05) is 32.9 Å². The van der Waals surface area contributed by atoms with E-state index < -0.39 is 105 Å². The first kappa shape index (κ1) is 55.4. The van der Waals surface area contributed by atoms with E-state index >= 15 is 0 Å². The summed E-state index contributed by atoms with van der Waals surface area (Å²) in [5.41, 5.74) is 0.0577. The Morgan fingerprint density at radius 3 is 2.27 bits per heavy atom. The largest absolute Gasteiger partial charge is 1.00 e. The van der Waals surface area contributed by atoms with E-state index in [-0.39, 0.29) is 60.7 Å². The van der Waals surface area contributed by atoms with Crippen molar-refractivity contribution >= 4 is 13.8 Å². The van der Waals surface area contributed by atoms with Crippen LogP contribution in [0.25, 0.3) is 0 Å². The fraction of sp³-hybridized carbons (Fsp3) is 0.812. The first-order valence-corrected chi connectivity index (χ1v) is 25.4. The number of hydrogen-bond acceptors (Lipinski definition) is 16. The van der Waals surface area contributed by atoms with Crippen LogP contribution in [-0.4, -0.2) is 139 Å². The maximum absolute atomic E-state index is 14.4. The third kappa shape index (κ3) is 12.3. The molecule has 6 aliphatic heterocycles. The summed E-state index contributed by atoms with van der Waals surface area (Å²) in [7, 11) is -2.05. The summed E-state index contributed by atoms with van der Waals surface area (Å²) in [5, 5.41) is 23.8. The first-order chi connectivity index (χ1) is 31.2. The van der Waals surface area contributed by atoms with Crippen LogP contribution in [0.1, 0.15) is 107 Å². The third-order valence-electron chi connectivity index (χ3n) is 15.2. The fourth-order valence-electron chi connectivity index (χ4n) is 11.3. The number of fused-ring (bicyclic) bond motifs is 2. The Kier molecular flexibility index (Phi) is 18.9. The minimum Gasteiger partial charge on any atom is -0.756 e. The zero-order valence-electron chi connectivity index (χ0n) is 41.1. The number of allylic oxidation sites excluding steroid dienone is 2. The Bertz CT molecular complexity index is 1870. The van der Waals surface area contributed by atoms with Crippen LogP contribution in [0.5, 0.6) is 0 Å². The van der Waals surface area contributed by atoms with Crippen molar-refractivity contribution in [2.45, 2.75) is 204 Å². The number of carbonyl (C=O) groups excluding carboxylic acids is 1. The van der Waals surface area contributed by atoms with Crippen molar-refractivity contribution < 1.29 is 111 Å². The van der Waals surface area contributed by atoms with Crippen LogP contribution in [0.3, 0.4) is 0 Å². The number of ether oxygens (including phenoxy) is 10. The van der Waals surface area contributed by atoms with Gasteiger partial charge in [-0.1, -0.05) is 64.5 Å². The molecular formula is C48H74NaO17P. The zero-order valence-corrected chi connectivity index (χ0v) is 44.0. The third-order valence-corrected chi connectivity index (χ3v) is 15.7. The second-order valence-electron chi connectivity index (χ2n) is 19.9. The predicted molar refractivity (Wildman–Crippen MR) is 236 cm³/mol. The number of phosphoric acid groups is 1. The SMILES string of the molecule is CC[C@H](C)[C@H]1O[C@]2(CC[C@@H]1C)C[C@@H]1C[C@@H](C/C=C(\C)[C@@H](O[C@H]3C[C@H](OC)[C@@H](O[C@H]4C[C@H](OC)[C@@H](OP(=O)([O-])O)[C@H](C)O4)[C@H](C)O3)[C@@H](C)/C=C\C=C3\CO[C@@H]4[C@H](O)C(C)=C[C@@H](C(=O)O1)[C@]34O)O2.[Na+]. The molecule has 0 saturated carbocycles. The second-order valence-corrected chi connectivity index (χ2v) is 21.0. The molecule has 0 aromatic rings. The molecule has 7 rings (SSSR count). The molecule has 0 aromatic carbocycles. The minimum atomic E-state index is -5.06. The average molecular weight is 977 g/mol. The van der Waals surface area contributed by atoms with E-state index in [2.05, 4.69) is 26.8 Å². The molecule has 67 heavy (non-hydrogen) atoms. The second kappa shape index (κ2) is 22.9. The Morgan fingerprint density at radius 2 is 1.61 bits per heavy atom. The number of phosphoric ester groups is 1. The van der Waals surface area contributed by atoms with Crippen molar-refractivity contribution in [3.63, 3.8) is 0 Å². The molecule has 0 radical (unpaired) electrons. The van der Waals surface area contributed by atoms with Crippen molar-refractivity contribution in [2.24, 2.45) is 23.7 Å².